The van der Waals surface area contributed by atoms with Gasteiger partial charge in [-0.3, -0.25) is 0 Å². The minimum Gasteiger partial charge on any atom is -0.412 e. The van der Waals surface area contributed by atoms with Gasteiger partial charge in [-0.25, -0.2) is 0 Å². The van der Waals surface area contributed by atoms with E-state index < -0.39 is 14.6 Å². The van der Waals surface area contributed by atoms with Crippen LogP contribution < -0.4 is 0 Å². The molecule has 0 amide bonds. The van der Waals surface area contributed by atoms with Gasteiger partial charge in [0.15, 0.2) is 14.6 Å². The smallest absolute Gasteiger partial charge is 0.192 e. The molecule has 4 heteroatoms. The highest BCUT2D eigenvalue weighted by molar-refractivity contribution is 6.74. The minimum atomic E-state index is -1.79. The summed E-state index contributed by atoms with van der Waals surface area (Å²) in [7, 11) is -1.79. The molecule has 0 radical (unpaired) electrons. The summed E-state index contributed by atoms with van der Waals surface area (Å²) >= 11 is 0. The van der Waals surface area contributed by atoms with E-state index in [4.69, 9.17) is 14.6 Å². The van der Waals surface area contributed by atoms with Crippen molar-refractivity contribution in [3.05, 3.63) is 0 Å². The molecule has 0 aromatic carbocycles. The van der Waals surface area contributed by atoms with Gasteiger partial charge < -0.3 is 14.6 Å². The SMILES string of the molecule is CC(C)(C)[Si](C)(C)OCC(O)O. The van der Waals surface area contributed by atoms with Crippen LogP contribution in [0.2, 0.25) is 18.1 Å². The van der Waals surface area contributed by atoms with Crippen LogP contribution in [0.1, 0.15) is 20.8 Å². The number of hydrogen-bond donors (Lipinski definition) is 2. The summed E-state index contributed by atoms with van der Waals surface area (Å²) in [6, 6.07) is 0. The van der Waals surface area contributed by atoms with Gasteiger partial charge in [0.1, 0.15) is 0 Å². The summed E-state index contributed by atoms with van der Waals surface area (Å²) in [6.07, 6.45) is -1.35. The summed E-state index contributed by atoms with van der Waals surface area (Å²) in [4.78, 5) is 0. The van der Waals surface area contributed by atoms with Gasteiger partial charge in [0.25, 0.3) is 0 Å². The monoisotopic (exact) mass is 192 g/mol. The van der Waals surface area contributed by atoms with Crippen LogP contribution in [0.5, 0.6) is 0 Å². The van der Waals surface area contributed by atoms with E-state index in [2.05, 4.69) is 33.9 Å². The van der Waals surface area contributed by atoms with Crippen LogP contribution >= 0.6 is 0 Å². The zero-order valence-corrected chi connectivity index (χ0v) is 9.59. The van der Waals surface area contributed by atoms with Crippen molar-refractivity contribution in [3.63, 3.8) is 0 Å². The van der Waals surface area contributed by atoms with Crippen LogP contribution in [-0.4, -0.2) is 31.4 Å². The van der Waals surface area contributed by atoms with Crippen LogP contribution in [0.3, 0.4) is 0 Å². The molecular formula is C8H20O3Si. The number of aliphatic hydroxyl groups is 2. The molecule has 0 fully saturated rings. The standard InChI is InChI=1S/C8H20O3Si/c1-8(2,3)12(4,5)11-6-7(9)10/h7,9-10H,6H2,1-5H3. The molecular weight excluding hydrogens is 172 g/mol. The van der Waals surface area contributed by atoms with Crippen molar-refractivity contribution in [1.29, 1.82) is 0 Å². The molecule has 0 saturated carbocycles. The van der Waals surface area contributed by atoms with Crippen LogP contribution in [0.4, 0.5) is 0 Å². The lowest BCUT2D eigenvalue weighted by Crippen LogP contribution is -2.42. The Balaban J connectivity index is 4.05. The highest BCUT2D eigenvalue weighted by Gasteiger charge is 2.37. The van der Waals surface area contributed by atoms with E-state index in [1.807, 2.05) is 0 Å². The third-order valence-electron chi connectivity index (χ3n) is 2.40. The quantitative estimate of drug-likeness (QED) is 0.524. The highest BCUT2D eigenvalue weighted by atomic mass is 28.4. The largest absolute Gasteiger partial charge is 0.412 e. The van der Waals surface area contributed by atoms with E-state index in [1.165, 1.54) is 0 Å². The van der Waals surface area contributed by atoms with E-state index in [0.717, 1.165) is 0 Å². The maximum atomic E-state index is 8.63. The molecule has 0 aliphatic heterocycles. The minimum absolute atomic E-state index is 0.0243. The summed E-state index contributed by atoms with van der Waals surface area (Å²) in [5.41, 5.74) is 0. The molecule has 0 spiro atoms. The summed E-state index contributed by atoms with van der Waals surface area (Å²) in [5.74, 6) is 0. The molecule has 0 saturated heterocycles. The second-order valence-electron chi connectivity index (χ2n) is 4.55. The van der Waals surface area contributed by atoms with E-state index in [-0.39, 0.29) is 11.6 Å². The highest BCUT2D eigenvalue weighted by Crippen LogP contribution is 2.36. The van der Waals surface area contributed by atoms with Gasteiger partial charge in [0, 0.05) is 0 Å². The lowest BCUT2D eigenvalue weighted by Gasteiger charge is -2.36. The van der Waals surface area contributed by atoms with E-state index in [9.17, 15) is 0 Å². The van der Waals surface area contributed by atoms with Crippen LogP contribution in [0.25, 0.3) is 0 Å². The first-order chi connectivity index (χ1) is 5.17. The van der Waals surface area contributed by atoms with Crippen molar-refractivity contribution in [3.8, 4) is 0 Å². The molecule has 0 heterocycles. The van der Waals surface area contributed by atoms with Gasteiger partial charge in [0.05, 0.1) is 6.61 Å². The van der Waals surface area contributed by atoms with Crippen molar-refractivity contribution >= 4 is 8.32 Å². The van der Waals surface area contributed by atoms with Gasteiger partial charge in [-0.2, -0.15) is 0 Å². The molecule has 0 atom stereocenters. The van der Waals surface area contributed by atoms with Crippen LogP contribution in [0.15, 0.2) is 0 Å². The van der Waals surface area contributed by atoms with Gasteiger partial charge >= 0.3 is 0 Å². The van der Waals surface area contributed by atoms with E-state index in [0.29, 0.717) is 0 Å². The molecule has 0 rings (SSSR count). The molecule has 0 bridgehead atoms. The summed E-state index contributed by atoms with van der Waals surface area (Å²) < 4.78 is 5.49. The van der Waals surface area contributed by atoms with Gasteiger partial charge in [-0.15, -0.1) is 0 Å². The number of hydrogen-bond acceptors (Lipinski definition) is 3. The summed E-state index contributed by atoms with van der Waals surface area (Å²) in [6.45, 7) is 10.5. The van der Waals surface area contributed by atoms with Crippen molar-refractivity contribution in [1.82, 2.24) is 0 Å². The van der Waals surface area contributed by atoms with Crippen molar-refractivity contribution < 1.29 is 14.6 Å². The zero-order valence-electron chi connectivity index (χ0n) is 8.59. The predicted octanol–water partition coefficient (Wildman–Crippen LogP) is 1.32. The Morgan fingerprint density at radius 1 is 1.25 bits per heavy atom. The molecule has 0 aliphatic carbocycles. The van der Waals surface area contributed by atoms with Gasteiger partial charge in [0.2, 0.25) is 0 Å². The normalized spacial score (nSPS) is 14.0. The Labute approximate surface area is 75.5 Å². The second kappa shape index (κ2) is 3.87. The fourth-order valence-corrected chi connectivity index (χ4v) is 1.50. The van der Waals surface area contributed by atoms with Crippen molar-refractivity contribution in [2.24, 2.45) is 0 Å². The fraction of sp³-hybridized carbons (Fsp3) is 1.00. The third-order valence-corrected chi connectivity index (χ3v) is 6.90. The molecule has 74 valence electrons. The summed E-state index contributed by atoms with van der Waals surface area (Å²) in [5, 5.41) is 17.4. The van der Waals surface area contributed by atoms with Crippen molar-refractivity contribution in [2.45, 2.75) is 45.2 Å². The molecule has 0 unspecified atom stereocenters. The van der Waals surface area contributed by atoms with Crippen molar-refractivity contribution in [2.75, 3.05) is 6.61 Å². The molecule has 2 N–H and O–H groups in total. The molecule has 12 heavy (non-hydrogen) atoms. The average molecular weight is 192 g/mol. The lowest BCUT2D eigenvalue weighted by atomic mass is 10.2. The molecule has 0 aromatic heterocycles. The Bertz CT molecular complexity index is 138. The molecule has 0 aromatic rings. The van der Waals surface area contributed by atoms with E-state index >= 15 is 0 Å². The second-order valence-corrected chi connectivity index (χ2v) is 9.36. The Morgan fingerprint density at radius 3 is 1.92 bits per heavy atom. The Morgan fingerprint density at radius 2 is 1.67 bits per heavy atom. The lowest BCUT2D eigenvalue weighted by molar-refractivity contribution is -0.0710. The molecule has 0 aliphatic rings. The maximum Gasteiger partial charge on any atom is 0.192 e. The predicted molar refractivity (Wildman–Crippen MR) is 51.4 cm³/mol. The number of aliphatic hydroxyl groups excluding tert-OH is 1. The topological polar surface area (TPSA) is 49.7 Å². The first-order valence-corrected chi connectivity index (χ1v) is 7.08. The van der Waals surface area contributed by atoms with Crippen LogP contribution in [0, 0.1) is 0 Å². The zero-order chi connectivity index (χ0) is 9.99. The van der Waals surface area contributed by atoms with E-state index in [1.54, 1.807) is 0 Å². The third kappa shape index (κ3) is 3.67. The molecule has 3 nitrogen and oxygen atoms in total. The fourth-order valence-electron chi connectivity index (χ4n) is 0.499. The van der Waals surface area contributed by atoms with Gasteiger partial charge in [-0.1, -0.05) is 20.8 Å². The van der Waals surface area contributed by atoms with Gasteiger partial charge in [-0.05, 0) is 18.1 Å². The Kier molecular flexibility index (Phi) is 3.90. The Hall–Kier alpha value is 0.0969. The van der Waals surface area contributed by atoms with Crippen LogP contribution in [-0.2, 0) is 4.43 Å². The first-order valence-electron chi connectivity index (χ1n) is 4.17. The first kappa shape index (κ1) is 12.1. The maximum absolute atomic E-state index is 8.63. The number of rotatable bonds is 3. The average Bonchev–Trinajstić information content (AvgIpc) is 1.81.